The summed E-state index contributed by atoms with van der Waals surface area (Å²) in [5.74, 6) is -1.43. The first-order valence-electron chi connectivity index (χ1n) is 7.53. The second kappa shape index (κ2) is 7.51. The van der Waals surface area contributed by atoms with Crippen molar-refractivity contribution in [2.24, 2.45) is 0 Å². The van der Waals surface area contributed by atoms with E-state index in [0.717, 1.165) is 0 Å². The molecule has 10 heteroatoms. The van der Waals surface area contributed by atoms with Gasteiger partial charge in [-0.1, -0.05) is 11.3 Å². The number of nitro groups is 1. The van der Waals surface area contributed by atoms with E-state index in [4.69, 9.17) is 5.11 Å². The Hall–Kier alpha value is -3.30. The maximum Gasteiger partial charge on any atom is 0.305 e. The van der Waals surface area contributed by atoms with Gasteiger partial charge >= 0.3 is 5.97 Å². The van der Waals surface area contributed by atoms with E-state index in [9.17, 15) is 19.7 Å². The van der Waals surface area contributed by atoms with Crippen LogP contribution in [0.5, 0.6) is 0 Å². The number of hydrogen-bond acceptors (Lipinski definition) is 6. The molecule has 0 radical (unpaired) electrons. The number of nitrogens with zero attached hydrogens (tertiary/aromatic N) is 5. The van der Waals surface area contributed by atoms with Gasteiger partial charge in [0.2, 0.25) is 0 Å². The molecule has 1 aromatic heterocycles. The number of aromatic nitrogens is 3. The van der Waals surface area contributed by atoms with E-state index in [1.165, 1.54) is 27.8 Å². The van der Waals surface area contributed by atoms with Gasteiger partial charge in [0.05, 0.1) is 22.7 Å². The van der Waals surface area contributed by atoms with Crippen LogP contribution in [0.4, 0.5) is 5.69 Å². The summed E-state index contributed by atoms with van der Waals surface area (Å²) in [4.78, 5) is 35.0. The van der Waals surface area contributed by atoms with Crippen LogP contribution in [0.1, 0.15) is 29.5 Å². The summed E-state index contributed by atoms with van der Waals surface area (Å²) >= 11 is 0. The first-order chi connectivity index (χ1) is 11.8. The highest BCUT2D eigenvalue weighted by Gasteiger charge is 2.23. The lowest BCUT2D eigenvalue weighted by Gasteiger charge is -2.18. The number of nitro benzene ring substituents is 1. The second-order valence-electron chi connectivity index (χ2n) is 5.24. The molecule has 0 fully saturated rings. The predicted octanol–water partition coefficient (Wildman–Crippen LogP) is 1.42. The lowest BCUT2D eigenvalue weighted by molar-refractivity contribution is -0.384. The van der Waals surface area contributed by atoms with Gasteiger partial charge in [0.15, 0.2) is 5.69 Å². The predicted molar refractivity (Wildman–Crippen MR) is 86.6 cm³/mol. The van der Waals surface area contributed by atoms with E-state index < -0.39 is 16.8 Å². The lowest BCUT2D eigenvalue weighted by Crippen LogP contribution is -2.33. The van der Waals surface area contributed by atoms with E-state index in [1.54, 1.807) is 19.9 Å². The second-order valence-corrected chi connectivity index (χ2v) is 5.24. The normalized spacial score (nSPS) is 10.5. The molecule has 0 unspecified atom stereocenters. The van der Waals surface area contributed by atoms with Crippen molar-refractivity contribution in [1.82, 2.24) is 19.9 Å². The Balaban J connectivity index is 2.31. The molecule has 1 amide bonds. The number of carboxylic acid groups (broad SMARTS) is 1. The Morgan fingerprint density at radius 1 is 1.40 bits per heavy atom. The molecule has 0 spiro atoms. The van der Waals surface area contributed by atoms with Crippen LogP contribution in [0.25, 0.3) is 5.69 Å². The average Bonchev–Trinajstić information content (AvgIpc) is 2.96. The van der Waals surface area contributed by atoms with Gasteiger partial charge in [-0.15, -0.1) is 5.10 Å². The fourth-order valence-electron chi connectivity index (χ4n) is 2.29. The van der Waals surface area contributed by atoms with Crippen molar-refractivity contribution in [2.45, 2.75) is 20.3 Å². The van der Waals surface area contributed by atoms with E-state index in [1.807, 2.05) is 0 Å². The minimum atomic E-state index is -0.997. The van der Waals surface area contributed by atoms with E-state index in [2.05, 4.69) is 10.3 Å². The molecule has 132 valence electrons. The number of carbonyl (C=O) groups excluding carboxylic acids is 1. The summed E-state index contributed by atoms with van der Waals surface area (Å²) in [7, 11) is 0. The van der Waals surface area contributed by atoms with Crippen molar-refractivity contribution in [3.8, 4) is 5.69 Å². The molecule has 2 aromatic rings. The molecule has 0 atom stereocenters. The molecule has 10 nitrogen and oxygen atoms in total. The minimum Gasteiger partial charge on any atom is -0.481 e. The van der Waals surface area contributed by atoms with Crippen molar-refractivity contribution < 1.29 is 19.6 Å². The van der Waals surface area contributed by atoms with E-state index in [0.29, 0.717) is 17.9 Å². The first kappa shape index (κ1) is 18.0. The summed E-state index contributed by atoms with van der Waals surface area (Å²) in [5.41, 5.74) is 0.807. The van der Waals surface area contributed by atoms with Crippen LogP contribution in [0.15, 0.2) is 24.3 Å². The highest BCUT2D eigenvalue weighted by molar-refractivity contribution is 5.93. The molecule has 0 aliphatic carbocycles. The zero-order valence-corrected chi connectivity index (χ0v) is 13.7. The van der Waals surface area contributed by atoms with Gasteiger partial charge in [-0.25, -0.2) is 4.68 Å². The largest absolute Gasteiger partial charge is 0.481 e. The van der Waals surface area contributed by atoms with Gasteiger partial charge in [0, 0.05) is 25.2 Å². The Morgan fingerprint density at radius 3 is 2.72 bits per heavy atom. The van der Waals surface area contributed by atoms with Crippen molar-refractivity contribution in [2.75, 3.05) is 13.1 Å². The quantitative estimate of drug-likeness (QED) is 0.591. The van der Waals surface area contributed by atoms with Crippen molar-refractivity contribution in [3.05, 3.63) is 45.8 Å². The minimum absolute atomic E-state index is 0.0633. The highest BCUT2D eigenvalue weighted by atomic mass is 16.6. The molecule has 0 bridgehead atoms. The summed E-state index contributed by atoms with van der Waals surface area (Å²) in [6.07, 6.45) is -0.169. The third kappa shape index (κ3) is 3.97. The van der Waals surface area contributed by atoms with Gasteiger partial charge in [0.25, 0.3) is 11.6 Å². The summed E-state index contributed by atoms with van der Waals surface area (Å²) in [6, 6.07) is 5.82. The number of amides is 1. The number of carbonyl (C=O) groups is 2. The number of non-ortho nitro benzene ring substituents is 1. The average molecular weight is 347 g/mol. The molecule has 1 N–H and O–H groups in total. The van der Waals surface area contributed by atoms with E-state index >= 15 is 0 Å². The van der Waals surface area contributed by atoms with Crippen molar-refractivity contribution in [3.63, 3.8) is 0 Å². The van der Waals surface area contributed by atoms with Crippen LogP contribution < -0.4 is 0 Å². The third-order valence-electron chi connectivity index (χ3n) is 3.65. The van der Waals surface area contributed by atoms with Crippen LogP contribution >= 0.6 is 0 Å². The SMILES string of the molecule is CCN(CCC(=O)O)C(=O)c1nnn(-c2cccc([N+](=O)[O-])c2)c1C. The number of aliphatic carboxylic acids is 1. The third-order valence-corrected chi connectivity index (χ3v) is 3.65. The first-order valence-corrected chi connectivity index (χ1v) is 7.53. The molecule has 1 aromatic carbocycles. The van der Waals surface area contributed by atoms with Gasteiger partial charge in [0.1, 0.15) is 0 Å². The fourth-order valence-corrected chi connectivity index (χ4v) is 2.29. The maximum atomic E-state index is 12.5. The van der Waals surface area contributed by atoms with Crippen LogP contribution in [-0.4, -0.2) is 54.9 Å². The Kier molecular flexibility index (Phi) is 5.42. The summed E-state index contributed by atoms with van der Waals surface area (Å²) < 4.78 is 1.34. The lowest BCUT2D eigenvalue weighted by atomic mass is 10.2. The zero-order valence-electron chi connectivity index (χ0n) is 13.7. The Morgan fingerprint density at radius 2 is 2.12 bits per heavy atom. The highest BCUT2D eigenvalue weighted by Crippen LogP contribution is 2.19. The summed E-state index contributed by atoms with van der Waals surface area (Å²) in [6.45, 7) is 3.75. The molecular formula is C15H17N5O5. The van der Waals surface area contributed by atoms with Crippen LogP contribution in [0, 0.1) is 17.0 Å². The molecule has 0 aliphatic rings. The van der Waals surface area contributed by atoms with Gasteiger partial charge in [-0.3, -0.25) is 19.7 Å². The number of carboxylic acids is 1. The van der Waals surface area contributed by atoms with E-state index in [-0.39, 0.29) is 24.3 Å². The fraction of sp³-hybridized carbons (Fsp3) is 0.333. The van der Waals surface area contributed by atoms with Gasteiger partial charge < -0.3 is 10.0 Å². The Bertz CT molecular complexity index is 816. The van der Waals surface area contributed by atoms with Crippen LogP contribution in [0.2, 0.25) is 0 Å². The van der Waals surface area contributed by atoms with Crippen molar-refractivity contribution in [1.29, 1.82) is 0 Å². The molecule has 1 heterocycles. The number of benzene rings is 1. The number of hydrogen-bond donors (Lipinski definition) is 1. The topological polar surface area (TPSA) is 131 Å². The Labute approximate surface area is 142 Å². The zero-order chi connectivity index (χ0) is 18.6. The molecule has 0 aliphatic heterocycles. The number of rotatable bonds is 7. The molecule has 0 saturated carbocycles. The molecule has 0 saturated heterocycles. The van der Waals surface area contributed by atoms with Gasteiger partial charge in [-0.05, 0) is 19.9 Å². The standard InChI is InChI=1S/C15H17N5O5/c1-3-18(8-7-13(21)22)15(23)14-10(2)19(17-16-14)11-5-4-6-12(9-11)20(24)25/h4-6,9H,3,7-8H2,1-2H3,(H,21,22). The van der Waals surface area contributed by atoms with Gasteiger partial charge in [-0.2, -0.15) is 0 Å². The van der Waals surface area contributed by atoms with Crippen molar-refractivity contribution >= 4 is 17.6 Å². The molecular weight excluding hydrogens is 330 g/mol. The van der Waals surface area contributed by atoms with Crippen LogP contribution in [0.3, 0.4) is 0 Å². The maximum absolute atomic E-state index is 12.5. The summed E-state index contributed by atoms with van der Waals surface area (Å²) in [5, 5.41) is 27.4. The monoisotopic (exact) mass is 347 g/mol. The smallest absolute Gasteiger partial charge is 0.305 e. The molecule has 25 heavy (non-hydrogen) atoms. The molecule has 2 rings (SSSR count). The van der Waals surface area contributed by atoms with Crippen LogP contribution in [-0.2, 0) is 4.79 Å².